The lowest BCUT2D eigenvalue weighted by atomic mass is 10.1. The molecule has 0 atom stereocenters. The predicted molar refractivity (Wildman–Crippen MR) is 65.7 cm³/mol. The first-order chi connectivity index (χ1) is 8.29. The molecule has 3 nitrogen and oxygen atoms in total. The number of methoxy groups -OCH3 is 1. The average Bonchev–Trinajstić information content (AvgIpc) is 2.37. The summed E-state index contributed by atoms with van der Waals surface area (Å²) >= 11 is 0. The van der Waals surface area contributed by atoms with Crippen molar-refractivity contribution in [3.63, 3.8) is 0 Å². The molecule has 1 aromatic rings. The van der Waals surface area contributed by atoms with E-state index in [1.807, 2.05) is 30.3 Å². The van der Waals surface area contributed by atoms with E-state index >= 15 is 0 Å². The van der Waals surface area contributed by atoms with E-state index in [2.05, 4.69) is 0 Å². The molecule has 0 bridgehead atoms. The van der Waals surface area contributed by atoms with Gasteiger partial charge in [0.2, 0.25) is 5.43 Å². The summed E-state index contributed by atoms with van der Waals surface area (Å²) in [6.07, 6.45) is 0. The maximum Gasteiger partial charge on any atom is 0.231 e. The van der Waals surface area contributed by atoms with Crippen LogP contribution in [0.5, 0.6) is 5.75 Å². The first kappa shape index (κ1) is 9.90. The van der Waals surface area contributed by atoms with Gasteiger partial charge in [-0.2, -0.15) is 0 Å². The lowest BCUT2D eigenvalue weighted by Gasteiger charge is -2.07. The Morgan fingerprint density at radius 3 is 2.76 bits per heavy atom. The normalized spacial score (nSPS) is 10.9. The third-order valence-corrected chi connectivity index (χ3v) is 2.78. The molecule has 0 aromatic heterocycles. The van der Waals surface area contributed by atoms with Crippen LogP contribution in [0.4, 0.5) is 0 Å². The third kappa shape index (κ3) is 1.47. The molecule has 1 heterocycles. The molecule has 1 aliphatic heterocycles. The summed E-state index contributed by atoms with van der Waals surface area (Å²) in [6.45, 7) is 0. The maximum absolute atomic E-state index is 12.0. The lowest BCUT2D eigenvalue weighted by molar-refractivity contribution is 0.410. The highest BCUT2D eigenvalue weighted by Crippen LogP contribution is 2.27. The number of rotatable bonds is 1. The molecule has 3 rings (SSSR count). The molecule has 3 heteroatoms. The summed E-state index contributed by atoms with van der Waals surface area (Å²) in [5, 5.41) is 0.908. The number of fused-ring (bicyclic) bond motifs is 2. The van der Waals surface area contributed by atoms with Crippen LogP contribution in [-0.2, 0) is 0 Å². The van der Waals surface area contributed by atoms with Crippen LogP contribution in [0.3, 0.4) is 0 Å². The van der Waals surface area contributed by atoms with Crippen molar-refractivity contribution in [1.82, 2.24) is 0 Å². The summed E-state index contributed by atoms with van der Waals surface area (Å²) in [5.74, 6) is 0.914. The van der Waals surface area contributed by atoms with Gasteiger partial charge in [0.1, 0.15) is 11.3 Å². The van der Waals surface area contributed by atoms with E-state index in [1.165, 1.54) is 7.11 Å². The minimum Gasteiger partial charge on any atom is -0.493 e. The van der Waals surface area contributed by atoms with Gasteiger partial charge in [-0.25, -0.2) is 0 Å². The topological polar surface area (TPSA) is 39.4 Å². The molecule has 0 saturated heterocycles. The number of para-hydroxylation sites is 1. The predicted octanol–water partition coefficient (Wildman–Crippen LogP) is 2.91. The van der Waals surface area contributed by atoms with E-state index in [0.717, 1.165) is 11.0 Å². The van der Waals surface area contributed by atoms with Gasteiger partial charge in [0.05, 0.1) is 12.7 Å². The molecule has 84 valence electrons. The van der Waals surface area contributed by atoms with Crippen molar-refractivity contribution in [3.8, 4) is 17.1 Å². The molecule has 2 aliphatic rings. The van der Waals surface area contributed by atoms with Gasteiger partial charge in [0.25, 0.3) is 0 Å². The Morgan fingerprint density at radius 1 is 1.12 bits per heavy atom. The van der Waals surface area contributed by atoms with Crippen molar-refractivity contribution in [1.29, 1.82) is 0 Å². The van der Waals surface area contributed by atoms with Crippen LogP contribution in [0.1, 0.15) is 0 Å². The van der Waals surface area contributed by atoms with Crippen LogP contribution in [0, 0.1) is 0 Å². The molecule has 0 amide bonds. The van der Waals surface area contributed by atoms with E-state index in [4.69, 9.17) is 9.15 Å². The van der Waals surface area contributed by atoms with Crippen molar-refractivity contribution in [2.45, 2.75) is 0 Å². The standard InChI is InChI=1S/C14H10O3/c1-16-13-7-6-12-10(14(13)15)8-9-4-2-3-5-11(9)17-12/h2-8H,1H3. The molecule has 0 spiro atoms. The molecule has 1 aliphatic carbocycles. The number of hydrogen-bond donors (Lipinski definition) is 0. The summed E-state index contributed by atoms with van der Waals surface area (Å²) in [4.78, 5) is 12.0. The Bertz CT molecular complexity index is 712. The highest BCUT2D eigenvalue weighted by Gasteiger charge is 2.13. The van der Waals surface area contributed by atoms with Crippen LogP contribution in [0.15, 0.2) is 51.7 Å². The van der Waals surface area contributed by atoms with E-state index in [-0.39, 0.29) is 5.43 Å². The van der Waals surface area contributed by atoms with Crippen LogP contribution in [0.2, 0.25) is 0 Å². The summed E-state index contributed by atoms with van der Waals surface area (Å²) in [5.41, 5.74) is 1.17. The van der Waals surface area contributed by atoms with Crippen molar-refractivity contribution in [2.75, 3.05) is 7.11 Å². The van der Waals surface area contributed by atoms with Crippen molar-refractivity contribution in [2.24, 2.45) is 0 Å². The molecule has 0 fully saturated rings. The molecule has 1 aromatic carbocycles. The van der Waals surface area contributed by atoms with E-state index < -0.39 is 0 Å². The lowest BCUT2D eigenvalue weighted by Crippen LogP contribution is -2.08. The Morgan fingerprint density at radius 2 is 1.94 bits per heavy atom. The first-order valence-electron chi connectivity index (χ1n) is 5.29. The van der Waals surface area contributed by atoms with Gasteiger partial charge < -0.3 is 9.15 Å². The zero-order valence-corrected chi connectivity index (χ0v) is 9.27. The fraction of sp³-hybridized carbons (Fsp3) is 0.0714. The van der Waals surface area contributed by atoms with Gasteiger partial charge in [-0.05, 0) is 24.3 Å². The van der Waals surface area contributed by atoms with Gasteiger partial charge in [-0.1, -0.05) is 18.2 Å². The average molecular weight is 226 g/mol. The quantitative estimate of drug-likeness (QED) is 0.599. The highest BCUT2D eigenvalue weighted by molar-refractivity contribution is 5.83. The van der Waals surface area contributed by atoms with Gasteiger partial charge in [0.15, 0.2) is 5.75 Å². The van der Waals surface area contributed by atoms with Crippen LogP contribution < -0.4 is 10.2 Å². The van der Waals surface area contributed by atoms with Crippen LogP contribution in [-0.4, -0.2) is 7.11 Å². The fourth-order valence-corrected chi connectivity index (χ4v) is 1.91. The monoisotopic (exact) mass is 226 g/mol. The fourth-order valence-electron chi connectivity index (χ4n) is 1.91. The van der Waals surface area contributed by atoms with E-state index in [0.29, 0.717) is 17.1 Å². The third-order valence-electron chi connectivity index (χ3n) is 2.78. The SMILES string of the molecule is COc1ccc2oc3ccccc3cc-2c1=O. The molecule has 17 heavy (non-hydrogen) atoms. The first-order valence-corrected chi connectivity index (χ1v) is 5.29. The van der Waals surface area contributed by atoms with E-state index in [9.17, 15) is 4.79 Å². The van der Waals surface area contributed by atoms with Gasteiger partial charge in [-0.15, -0.1) is 0 Å². The number of hydrogen-bond acceptors (Lipinski definition) is 3. The van der Waals surface area contributed by atoms with Gasteiger partial charge >= 0.3 is 0 Å². The Kier molecular flexibility index (Phi) is 2.11. The highest BCUT2D eigenvalue weighted by atomic mass is 16.5. The van der Waals surface area contributed by atoms with E-state index in [1.54, 1.807) is 12.1 Å². The summed E-state index contributed by atoms with van der Waals surface area (Å²) in [7, 11) is 1.49. The molecule has 0 unspecified atom stereocenters. The van der Waals surface area contributed by atoms with Gasteiger partial charge in [0, 0.05) is 5.39 Å². The van der Waals surface area contributed by atoms with Crippen molar-refractivity contribution in [3.05, 3.63) is 52.7 Å². The van der Waals surface area contributed by atoms with Crippen molar-refractivity contribution < 1.29 is 9.15 Å². The zero-order chi connectivity index (χ0) is 11.8. The number of ether oxygens (including phenoxy) is 1. The molecule has 0 N–H and O–H groups in total. The minimum absolute atomic E-state index is 0.139. The van der Waals surface area contributed by atoms with Crippen molar-refractivity contribution >= 4 is 11.0 Å². The van der Waals surface area contributed by atoms with Crippen LogP contribution >= 0.6 is 0 Å². The molecular formula is C14H10O3. The smallest absolute Gasteiger partial charge is 0.231 e. The second kappa shape index (κ2) is 3.63. The molecule has 0 radical (unpaired) electrons. The summed E-state index contributed by atoms with van der Waals surface area (Å²) < 4.78 is 10.7. The second-order valence-corrected chi connectivity index (χ2v) is 3.79. The molecular weight excluding hydrogens is 216 g/mol. The number of benzene rings is 2. The summed E-state index contributed by atoms with van der Waals surface area (Å²) in [6, 6.07) is 12.8. The zero-order valence-electron chi connectivity index (χ0n) is 9.27. The Balaban J connectivity index is 2.45. The second-order valence-electron chi connectivity index (χ2n) is 3.79. The largest absolute Gasteiger partial charge is 0.493 e. The Labute approximate surface area is 97.6 Å². The molecule has 0 saturated carbocycles. The maximum atomic E-state index is 12.0. The minimum atomic E-state index is -0.139. The van der Waals surface area contributed by atoms with Gasteiger partial charge in [-0.3, -0.25) is 4.79 Å². The Hall–Kier alpha value is -2.29. The van der Waals surface area contributed by atoms with Crippen LogP contribution in [0.25, 0.3) is 22.3 Å².